The van der Waals surface area contributed by atoms with Crippen LogP contribution in [0.4, 0.5) is 0 Å². The summed E-state index contributed by atoms with van der Waals surface area (Å²) in [5.74, 6) is 1.82. The number of thioether (sulfide) groups is 1. The number of aliphatic hydroxyl groups is 1. The normalized spacial score (nSPS) is 15.8. The van der Waals surface area contributed by atoms with Gasteiger partial charge in [-0.15, -0.1) is 5.10 Å². The summed E-state index contributed by atoms with van der Waals surface area (Å²) in [6.07, 6.45) is 4.09. The van der Waals surface area contributed by atoms with Gasteiger partial charge in [-0.25, -0.2) is 4.68 Å². The highest BCUT2D eigenvalue weighted by Crippen LogP contribution is 2.31. The third kappa shape index (κ3) is 5.33. The molecule has 0 aliphatic heterocycles. The maximum atomic E-state index is 10.2. The van der Waals surface area contributed by atoms with Crippen molar-refractivity contribution >= 4 is 11.8 Å². The summed E-state index contributed by atoms with van der Waals surface area (Å²) in [6.45, 7) is 0.633. The Bertz CT molecular complexity index is 721. The first-order chi connectivity index (χ1) is 13.2. The fraction of sp³-hybridized carbons (Fsp3) is 0.611. The SMILES string of the molecule is COc1ccc(COC[C@@H](O)CSc2nnnn2C2CCCC2)cc1OC. The molecule has 27 heavy (non-hydrogen) atoms. The number of aromatic nitrogens is 4. The lowest BCUT2D eigenvalue weighted by molar-refractivity contribution is 0.0397. The standard InChI is InChI=1S/C18H26N4O4S/c1-24-16-8-7-13(9-17(16)25-2)10-26-11-15(23)12-27-18-19-20-21-22(18)14-5-3-4-6-14/h7-9,14-15,23H,3-6,10-12H2,1-2H3/t15-/m1/s1. The Balaban J connectivity index is 1.43. The van der Waals surface area contributed by atoms with Crippen LogP contribution in [0.1, 0.15) is 37.3 Å². The van der Waals surface area contributed by atoms with Gasteiger partial charge < -0.3 is 19.3 Å². The molecule has 1 fully saturated rings. The van der Waals surface area contributed by atoms with Crippen molar-refractivity contribution in [1.29, 1.82) is 0 Å². The van der Waals surface area contributed by atoms with Gasteiger partial charge in [-0.05, 0) is 41.0 Å². The average molecular weight is 394 g/mol. The highest BCUT2D eigenvalue weighted by molar-refractivity contribution is 7.99. The quantitative estimate of drug-likeness (QED) is 0.615. The maximum absolute atomic E-state index is 10.2. The van der Waals surface area contributed by atoms with Gasteiger partial charge in [0.1, 0.15) is 0 Å². The van der Waals surface area contributed by atoms with Gasteiger partial charge in [0, 0.05) is 5.75 Å². The van der Waals surface area contributed by atoms with Gasteiger partial charge in [0.2, 0.25) is 5.16 Å². The van der Waals surface area contributed by atoms with E-state index in [1.54, 1.807) is 14.2 Å². The summed E-state index contributed by atoms with van der Waals surface area (Å²) in [4.78, 5) is 0. The van der Waals surface area contributed by atoms with E-state index in [0.717, 1.165) is 23.6 Å². The molecular weight excluding hydrogens is 368 g/mol. The van der Waals surface area contributed by atoms with Crippen LogP contribution < -0.4 is 9.47 Å². The van der Waals surface area contributed by atoms with Crippen LogP contribution in [-0.2, 0) is 11.3 Å². The van der Waals surface area contributed by atoms with Crippen LogP contribution in [-0.4, -0.2) is 58.0 Å². The number of aliphatic hydroxyl groups excluding tert-OH is 1. The van der Waals surface area contributed by atoms with Crippen LogP contribution in [0.15, 0.2) is 23.4 Å². The summed E-state index contributed by atoms with van der Waals surface area (Å²) >= 11 is 1.47. The van der Waals surface area contributed by atoms with E-state index in [0.29, 0.717) is 29.9 Å². The number of methoxy groups -OCH3 is 2. The summed E-state index contributed by atoms with van der Waals surface area (Å²) in [7, 11) is 3.20. The molecular formula is C18H26N4O4S. The van der Waals surface area contributed by atoms with Crippen molar-refractivity contribution in [2.75, 3.05) is 26.6 Å². The monoisotopic (exact) mass is 394 g/mol. The fourth-order valence-corrected chi connectivity index (χ4v) is 4.01. The molecule has 1 aliphatic carbocycles. The third-order valence-corrected chi connectivity index (χ3v) is 5.64. The second kappa shape index (κ2) is 9.91. The highest BCUT2D eigenvalue weighted by Gasteiger charge is 2.22. The second-order valence-electron chi connectivity index (χ2n) is 6.51. The van der Waals surface area contributed by atoms with E-state index >= 15 is 0 Å². The van der Waals surface area contributed by atoms with Crippen LogP contribution in [0.2, 0.25) is 0 Å². The number of benzene rings is 1. The minimum atomic E-state index is -0.594. The van der Waals surface area contributed by atoms with Gasteiger partial charge in [0.05, 0.1) is 39.6 Å². The Kier molecular flexibility index (Phi) is 7.31. The van der Waals surface area contributed by atoms with Crippen molar-refractivity contribution in [3.8, 4) is 11.5 Å². The zero-order valence-electron chi connectivity index (χ0n) is 15.7. The predicted octanol–water partition coefficient (Wildman–Crippen LogP) is 2.48. The van der Waals surface area contributed by atoms with E-state index in [9.17, 15) is 5.11 Å². The molecule has 1 aromatic carbocycles. The Morgan fingerprint density at radius 2 is 2.00 bits per heavy atom. The van der Waals surface area contributed by atoms with Gasteiger partial charge in [0.25, 0.3) is 0 Å². The summed E-state index contributed by atoms with van der Waals surface area (Å²) in [5.41, 5.74) is 0.956. The van der Waals surface area contributed by atoms with Gasteiger partial charge in [-0.3, -0.25) is 0 Å². The van der Waals surface area contributed by atoms with E-state index in [2.05, 4.69) is 15.5 Å². The Morgan fingerprint density at radius 1 is 1.22 bits per heavy atom. The van der Waals surface area contributed by atoms with Crippen molar-refractivity contribution in [3.05, 3.63) is 23.8 Å². The van der Waals surface area contributed by atoms with E-state index < -0.39 is 6.10 Å². The Labute approximate surface area is 163 Å². The van der Waals surface area contributed by atoms with E-state index in [1.165, 1.54) is 24.6 Å². The molecule has 0 bridgehead atoms. The molecule has 148 valence electrons. The van der Waals surface area contributed by atoms with E-state index in [4.69, 9.17) is 14.2 Å². The van der Waals surface area contributed by atoms with Crippen LogP contribution in [0, 0.1) is 0 Å². The largest absolute Gasteiger partial charge is 0.493 e. The summed E-state index contributed by atoms with van der Waals surface area (Å²) in [5, 5.41) is 22.9. The molecule has 1 heterocycles. The number of tetrazole rings is 1. The Morgan fingerprint density at radius 3 is 2.74 bits per heavy atom. The van der Waals surface area contributed by atoms with Crippen molar-refractivity contribution in [3.63, 3.8) is 0 Å². The van der Waals surface area contributed by atoms with Crippen LogP contribution in [0.5, 0.6) is 11.5 Å². The molecule has 0 spiro atoms. The number of hydrogen-bond acceptors (Lipinski definition) is 8. The molecule has 1 aromatic heterocycles. The topological polar surface area (TPSA) is 91.5 Å². The molecule has 0 amide bonds. The molecule has 0 saturated heterocycles. The van der Waals surface area contributed by atoms with Gasteiger partial charge >= 0.3 is 0 Å². The van der Waals surface area contributed by atoms with Gasteiger partial charge in [-0.1, -0.05) is 30.7 Å². The Hall–Kier alpha value is -1.84. The first-order valence-electron chi connectivity index (χ1n) is 9.08. The average Bonchev–Trinajstić information content (AvgIpc) is 3.37. The van der Waals surface area contributed by atoms with Gasteiger partial charge in [-0.2, -0.15) is 0 Å². The zero-order valence-corrected chi connectivity index (χ0v) is 16.5. The molecule has 3 rings (SSSR count). The number of hydrogen-bond donors (Lipinski definition) is 1. The van der Waals surface area contributed by atoms with Crippen LogP contribution >= 0.6 is 11.8 Å². The summed E-state index contributed by atoms with van der Waals surface area (Å²) < 4.78 is 18.0. The molecule has 2 aromatic rings. The predicted molar refractivity (Wildman–Crippen MR) is 101 cm³/mol. The lowest BCUT2D eigenvalue weighted by atomic mass is 10.2. The van der Waals surface area contributed by atoms with Crippen molar-refractivity contribution in [1.82, 2.24) is 20.2 Å². The highest BCUT2D eigenvalue weighted by atomic mass is 32.2. The molecule has 1 aliphatic rings. The first kappa shape index (κ1) is 19.9. The van der Waals surface area contributed by atoms with Crippen molar-refractivity contribution in [2.24, 2.45) is 0 Å². The molecule has 1 atom stereocenters. The number of ether oxygens (including phenoxy) is 3. The molecule has 8 nitrogen and oxygen atoms in total. The van der Waals surface area contributed by atoms with Crippen molar-refractivity contribution < 1.29 is 19.3 Å². The molecule has 1 N–H and O–H groups in total. The molecule has 9 heteroatoms. The fourth-order valence-electron chi connectivity index (χ4n) is 3.16. The second-order valence-corrected chi connectivity index (χ2v) is 7.50. The molecule has 0 unspecified atom stereocenters. The minimum Gasteiger partial charge on any atom is -0.493 e. The smallest absolute Gasteiger partial charge is 0.209 e. The van der Waals surface area contributed by atoms with Crippen LogP contribution in [0.3, 0.4) is 0 Å². The number of rotatable bonds is 10. The van der Waals surface area contributed by atoms with E-state index in [1.807, 2.05) is 22.9 Å². The zero-order chi connectivity index (χ0) is 19.1. The number of nitrogens with zero attached hydrogens (tertiary/aromatic N) is 4. The molecule has 1 saturated carbocycles. The lowest BCUT2D eigenvalue weighted by Gasteiger charge is -2.14. The molecule has 0 radical (unpaired) electrons. The van der Waals surface area contributed by atoms with E-state index in [-0.39, 0.29) is 6.61 Å². The van der Waals surface area contributed by atoms with Crippen molar-refractivity contribution in [2.45, 2.75) is 49.6 Å². The third-order valence-electron chi connectivity index (χ3n) is 4.56. The maximum Gasteiger partial charge on any atom is 0.209 e. The lowest BCUT2D eigenvalue weighted by Crippen LogP contribution is -2.18. The first-order valence-corrected chi connectivity index (χ1v) is 10.1. The minimum absolute atomic E-state index is 0.242. The summed E-state index contributed by atoms with van der Waals surface area (Å²) in [6, 6.07) is 6.02. The van der Waals surface area contributed by atoms with Crippen LogP contribution in [0.25, 0.3) is 0 Å². The van der Waals surface area contributed by atoms with Gasteiger partial charge in [0.15, 0.2) is 11.5 Å².